The summed E-state index contributed by atoms with van der Waals surface area (Å²) in [6, 6.07) is -0.0255. The van der Waals surface area contributed by atoms with Crippen LogP contribution in [0.3, 0.4) is 0 Å². The molecule has 1 heterocycles. The van der Waals surface area contributed by atoms with Crippen LogP contribution in [0, 0.1) is 5.92 Å². The monoisotopic (exact) mass is 139 g/mol. The van der Waals surface area contributed by atoms with Gasteiger partial charge in [0, 0.05) is 0 Å². The van der Waals surface area contributed by atoms with E-state index in [9.17, 15) is 0 Å². The highest BCUT2D eigenvalue weighted by molar-refractivity contribution is 4.94. The molecule has 1 aliphatic carbocycles. The number of aromatic nitrogens is 2. The van der Waals surface area contributed by atoms with E-state index in [4.69, 9.17) is 10.3 Å². The summed E-state index contributed by atoms with van der Waals surface area (Å²) in [6.45, 7) is 0. The number of hydrogen-bond acceptors (Lipinski definition) is 4. The lowest BCUT2D eigenvalue weighted by Gasteiger charge is -2.00. The van der Waals surface area contributed by atoms with Gasteiger partial charge >= 0.3 is 0 Å². The summed E-state index contributed by atoms with van der Waals surface area (Å²) in [5, 5.41) is 3.49. The van der Waals surface area contributed by atoms with Crippen molar-refractivity contribution in [3.05, 3.63) is 12.2 Å². The molecule has 0 spiro atoms. The zero-order chi connectivity index (χ0) is 6.97. The SMILES string of the molecule is NC(c1ncno1)C1CC1. The molecule has 0 aliphatic heterocycles. The van der Waals surface area contributed by atoms with Crippen LogP contribution in [0.1, 0.15) is 24.8 Å². The minimum absolute atomic E-state index is 0.0255. The van der Waals surface area contributed by atoms with Gasteiger partial charge in [-0.1, -0.05) is 5.16 Å². The Labute approximate surface area is 58.4 Å². The number of hydrogen-bond donors (Lipinski definition) is 1. The summed E-state index contributed by atoms with van der Waals surface area (Å²) in [5.41, 5.74) is 5.75. The van der Waals surface area contributed by atoms with Crippen molar-refractivity contribution in [1.82, 2.24) is 10.1 Å². The Morgan fingerprint density at radius 1 is 1.70 bits per heavy atom. The number of nitrogens with two attached hydrogens (primary N) is 1. The Bertz CT molecular complexity index is 205. The maximum Gasteiger partial charge on any atom is 0.243 e. The summed E-state index contributed by atoms with van der Waals surface area (Å²) in [5.74, 6) is 1.16. The number of rotatable bonds is 2. The van der Waals surface area contributed by atoms with Crippen molar-refractivity contribution in [3.63, 3.8) is 0 Å². The normalized spacial score (nSPS) is 20.9. The van der Waals surface area contributed by atoms with Gasteiger partial charge in [0.2, 0.25) is 5.89 Å². The predicted octanol–water partition coefficient (Wildman–Crippen LogP) is 0.479. The largest absolute Gasteiger partial charge is 0.338 e. The van der Waals surface area contributed by atoms with E-state index >= 15 is 0 Å². The highest BCUT2D eigenvalue weighted by atomic mass is 16.5. The minimum atomic E-state index is -0.0255. The zero-order valence-electron chi connectivity index (χ0n) is 5.53. The second-order valence-corrected chi connectivity index (χ2v) is 2.64. The van der Waals surface area contributed by atoms with Crippen LogP contribution < -0.4 is 5.73 Å². The first kappa shape index (κ1) is 5.85. The van der Waals surface area contributed by atoms with E-state index in [0.717, 1.165) is 0 Å². The fourth-order valence-corrected chi connectivity index (χ4v) is 0.986. The van der Waals surface area contributed by atoms with E-state index in [2.05, 4.69) is 10.1 Å². The molecule has 0 radical (unpaired) electrons. The van der Waals surface area contributed by atoms with E-state index < -0.39 is 0 Å². The Balaban J connectivity index is 2.11. The second-order valence-electron chi connectivity index (χ2n) is 2.64. The Morgan fingerprint density at radius 3 is 3.00 bits per heavy atom. The van der Waals surface area contributed by atoms with E-state index in [1.165, 1.54) is 19.2 Å². The first-order chi connectivity index (χ1) is 4.88. The Hall–Kier alpha value is -0.900. The fraction of sp³-hybridized carbons (Fsp3) is 0.667. The van der Waals surface area contributed by atoms with Crippen molar-refractivity contribution in [1.29, 1.82) is 0 Å². The summed E-state index contributed by atoms with van der Waals surface area (Å²) in [7, 11) is 0. The van der Waals surface area contributed by atoms with Crippen LogP contribution >= 0.6 is 0 Å². The Morgan fingerprint density at radius 2 is 2.50 bits per heavy atom. The van der Waals surface area contributed by atoms with Crippen LogP contribution in [-0.2, 0) is 0 Å². The lowest BCUT2D eigenvalue weighted by Crippen LogP contribution is -2.12. The molecule has 2 N–H and O–H groups in total. The summed E-state index contributed by atoms with van der Waals surface area (Å²) < 4.78 is 4.81. The standard InChI is InChI=1S/C6H9N3O/c7-5(4-1-2-4)6-8-3-9-10-6/h3-5H,1-2,7H2. The summed E-state index contributed by atoms with van der Waals surface area (Å²) in [6.07, 6.45) is 3.78. The Kier molecular flexibility index (Phi) is 1.20. The molecule has 1 unspecified atom stereocenters. The van der Waals surface area contributed by atoms with Gasteiger partial charge in [0.1, 0.15) is 0 Å². The van der Waals surface area contributed by atoms with Crippen molar-refractivity contribution >= 4 is 0 Å². The van der Waals surface area contributed by atoms with Crippen molar-refractivity contribution in [2.75, 3.05) is 0 Å². The molecule has 1 aliphatic rings. The topological polar surface area (TPSA) is 64.9 Å². The van der Waals surface area contributed by atoms with Crippen molar-refractivity contribution in [2.45, 2.75) is 18.9 Å². The molecular weight excluding hydrogens is 130 g/mol. The third-order valence-corrected chi connectivity index (χ3v) is 1.79. The zero-order valence-corrected chi connectivity index (χ0v) is 5.53. The maximum absolute atomic E-state index is 5.75. The molecule has 1 saturated carbocycles. The molecule has 1 atom stereocenters. The molecule has 0 amide bonds. The highest BCUT2D eigenvalue weighted by Gasteiger charge is 2.32. The predicted molar refractivity (Wildman–Crippen MR) is 34.0 cm³/mol. The lowest BCUT2D eigenvalue weighted by molar-refractivity contribution is 0.342. The van der Waals surface area contributed by atoms with Crippen LogP contribution in [0.5, 0.6) is 0 Å². The molecule has 0 bridgehead atoms. The van der Waals surface area contributed by atoms with Gasteiger partial charge in [-0.25, -0.2) is 0 Å². The molecule has 1 aromatic rings. The van der Waals surface area contributed by atoms with Gasteiger partial charge in [-0.15, -0.1) is 0 Å². The van der Waals surface area contributed by atoms with Gasteiger partial charge < -0.3 is 10.3 Å². The van der Waals surface area contributed by atoms with Crippen LogP contribution in [0.15, 0.2) is 10.9 Å². The first-order valence-corrected chi connectivity index (χ1v) is 3.40. The van der Waals surface area contributed by atoms with Gasteiger partial charge in [-0.2, -0.15) is 4.98 Å². The van der Waals surface area contributed by atoms with Crippen LogP contribution in [0.4, 0.5) is 0 Å². The minimum Gasteiger partial charge on any atom is -0.338 e. The quantitative estimate of drug-likeness (QED) is 0.647. The van der Waals surface area contributed by atoms with E-state index in [1.807, 2.05) is 0 Å². The molecule has 4 nitrogen and oxygen atoms in total. The van der Waals surface area contributed by atoms with Gasteiger partial charge in [0.15, 0.2) is 6.33 Å². The van der Waals surface area contributed by atoms with E-state index in [1.54, 1.807) is 0 Å². The highest BCUT2D eigenvalue weighted by Crippen LogP contribution is 2.38. The van der Waals surface area contributed by atoms with Gasteiger partial charge in [0.05, 0.1) is 6.04 Å². The van der Waals surface area contributed by atoms with Gasteiger partial charge in [-0.05, 0) is 18.8 Å². The molecule has 1 fully saturated rings. The third kappa shape index (κ3) is 0.903. The fourth-order valence-electron chi connectivity index (χ4n) is 0.986. The van der Waals surface area contributed by atoms with Crippen molar-refractivity contribution in [2.24, 2.45) is 11.7 Å². The maximum atomic E-state index is 5.75. The molecule has 10 heavy (non-hydrogen) atoms. The van der Waals surface area contributed by atoms with Gasteiger partial charge in [-0.3, -0.25) is 0 Å². The van der Waals surface area contributed by atoms with Gasteiger partial charge in [0.25, 0.3) is 0 Å². The van der Waals surface area contributed by atoms with Crippen molar-refractivity contribution < 1.29 is 4.52 Å². The summed E-state index contributed by atoms with van der Waals surface area (Å²) >= 11 is 0. The van der Waals surface area contributed by atoms with Crippen LogP contribution in [0.2, 0.25) is 0 Å². The third-order valence-electron chi connectivity index (χ3n) is 1.79. The molecule has 0 saturated heterocycles. The van der Waals surface area contributed by atoms with Crippen molar-refractivity contribution in [3.8, 4) is 0 Å². The molecule has 1 aromatic heterocycles. The lowest BCUT2D eigenvalue weighted by atomic mass is 10.2. The van der Waals surface area contributed by atoms with Crippen LogP contribution in [-0.4, -0.2) is 10.1 Å². The average Bonchev–Trinajstić information content (AvgIpc) is 2.65. The molecule has 0 aromatic carbocycles. The smallest absolute Gasteiger partial charge is 0.243 e. The van der Waals surface area contributed by atoms with E-state index in [0.29, 0.717) is 11.8 Å². The average molecular weight is 139 g/mol. The molecular formula is C6H9N3O. The molecule has 54 valence electrons. The first-order valence-electron chi connectivity index (χ1n) is 3.40. The molecule has 4 heteroatoms. The summed E-state index contributed by atoms with van der Waals surface area (Å²) in [4.78, 5) is 3.87. The molecule has 2 rings (SSSR count). The van der Waals surface area contributed by atoms with E-state index in [-0.39, 0.29) is 6.04 Å². The second kappa shape index (κ2) is 2.05. The number of nitrogens with zero attached hydrogens (tertiary/aromatic N) is 2. The van der Waals surface area contributed by atoms with Crippen LogP contribution in [0.25, 0.3) is 0 Å².